The van der Waals surface area contributed by atoms with E-state index in [1.165, 1.54) is 63.8 Å². The summed E-state index contributed by atoms with van der Waals surface area (Å²) in [6.07, 6.45) is 12.2. The highest BCUT2D eigenvalue weighted by Gasteiger charge is 2.18. The summed E-state index contributed by atoms with van der Waals surface area (Å²) in [7, 11) is 2.28. The zero-order valence-corrected chi connectivity index (χ0v) is 15.9. The Labute approximate surface area is 133 Å². The topological polar surface area (TPSA) is 27.7 Å². The van der Waals surface area contributed by atoms with Crippen LogP contribution in [0.1, 0.15) is 57.8 Å². The molecule has 0 fully saturated rings. The average molecular weight is 319 g/mol. The van der Waals surface area contributed by atoms with Crippen molar-refractivity contribution in [1.29, 1.82) is 0 Å². The Morgan fingerprint density at radius 3 is 1.67 bits per heavy atom. The van der Waals surface area contributed by atoms with E-state index in [1.54, 1.807) is 7.11 Å². The van der Waals surface area contributed by atoms with Crippen molar-refractivity contribution in [3.05, 3.63) is 0 Å². The Morgan fingerprint density at radius 2 is 1.14 bits per heavy atom. The van der Waals surface area contributed by atoms with Crippen LogP contribution in [0.4, 0.5) is 0 Å². The average Bonchev–Trinajstić information content (AvgIpc) is 2.47. The van der Waals surface area contributed by atoms with Crippen LogP contribution < -0.4 is 0 Å². The Balaban J connectivity index is 3.06. The number of hydrogen-bond acceptors (Lipinski definition) is 3. The van der Waals surface area contributed by atoms with E-state index in [1.807, 2.05) is 7.11 Å². The normalized spacial score (nSPS) is 12.0. The van der Waals surface area contributed by atoms with Gasteiger partial charge in [-0.15, -0.1) is 0 Å². The molecule has 0 spiro atoms. The smallest absolute Gasteiger partial charge is 0.186 e. The molecule has 0 aromatic carbocycles. The maximum atomic E-state index is 5.57. The van der Waals surface area contributed by atoms with Crippen molar-refractivity contribution in [2.75, 3.05) is 34.0 Å². The lowest BCUT2D eigenvalue weighted by Crippen LogP contribution is -2.27. The summed E-state index contributed by atoms with van der Waals surface area (Å²) in [6.45, 7) is 6.96. The van der Waals surface area contributed by atoms with Gasteiger partial charge in [-0.2, -0.15) is 0 Å². The molecule has 0 heterocycles. The molecule has 128 valence electrons. The number of methoxy groups -OCH3 is 1. The van der Waals surface area contributed by atoms with Crippen LogP contribution in [0.15, 0.2) is 0 Å². The van der Waals surface area contributed by atoms with Gasteiger partial charge in [0.05, 0.1) is 13.2 Å². The van der Waals surface area contributed by atoms with Crippen LogP contribution in [0, 0.1) is 0 Å². The minimum absolute atomic E-state index is 0.712. The Morgan fingerprint density at radius 1 is 0.619 bits per heavy atom. The fourth-order valence-electron chi connectivity index (χ4n) is 2.34. The number of unbranched alkanes of at least 4 members (excludes halogenated alkanes) is 8. The maximum absolute atomic E-state index is 5.57. The zero-order chi connectivity index (χ0) is 15.8. The summed E-state index contributed by atoms with van der Waals surface area (Å²) < 4.78 is 16.0. The molecule has 0 radical (unpaired) electrons. The van der Waals surface area contributed by atoms with Crippen LogP contribution in [0.25, 0.3) is 0 Å². The molecule has 0 rings (SSSR count). The Hall–Kier alpha value is 0.0969. The van der Waals surface area contributed by atoms with Crippen LogP contribution in [-0.4, -0.2) is 42.4 Å². The van der Waals surface area contributed by atoms with Crippen molar-refractivity contribution in [2.24, 2.45) is 0 Å². The lowest BCUT2D eigenvalue weighted by molar-refractivity contribution is 0.0685. The van der Waals surface area contributed by atoms with E-state index in [9.17, 15) is 0 Å². The summed E-state index contributed by atoms with van der Waals surface area (Å²) >= 11 is 0. The predicted octanol–water partition coefficient (Wildman–Crippen LogP) is 5.01. The minimum Gasteiger partial charge on any atom is -0.420 e. The molecule has 0 bridgehead atoms. The van der Waals surface area contributed by atoms with Crippen molar-refractivity contribution in [2.45, 2.75) is 76.9 Å². The fraction of sp³-hybridized carbons (Fsp3) is 1.00. The summed E-state index contributed by atoms with van der Waals surface area (Å²) in [5, 5.41) is 0. The lowest BCUT2D eigenvalue weighted by atomic mass is 10.1. The van der Waals surface area contributed by atoms with Gasteiger partial charge < -0.3 is 13.9 Å². The van der Waals surface area contributed by atoms with Gasteiger partial charge >= 0.3 is 0 Å². The molecular formula is C17H38O3Si. The highest BCUT2D eigenvalue weighted by molar-refractivity contribution is 6.71. The molecule has 21 heavy (non-hydrogen) atoms. The summed E-state index contributed by atoms with van der Waals surface area (Å²) in [6, 6.07) is 1.31. The highest BCUT2D eigenvalue weighted by atomic mass is 28.4. The van der Waals surface area contributed by atoms with Gasteiger partial charge in [0, 0.05) is 20.8 Å². The molecule has 0 aromatic rings. The van der Waals surface area contributed by atoms with E-state index < -0.39 is 8.32 Å². The van der Waals surface area contributed by atoms with Gasteiger partial charge in [0.15, 0.2) is 8.32 Å². The van der Waals surface area contributed by atoms with Crippen LogP contribution in [0.3, 0.4) is 0 Å². The van der Waals surface area contributed by atoms with Crippen LogP contribution in [-0.2, 0) is 13.9 Å². The quantitative estimate of drug-likeness (QED) is 0.296. The zero-order valence-electron chi connectivity index (χ0n) is 14.9. The van der Waals surface area contributed by atoms with Crippen LogP contribution >= 0.6 is 0 Å². The number of hydrogen-bond donors (Lipinski definition) is 0. The highest BCUT2D eigenvalue weighted by Crippen LogP contribution is 2.16. The first-order valence-corrected chi connectivity index (χ1v) is 11.9. The molecule has 4 heteroatoms. The van der Waals surface area contributed by atoms with Crippen molar-refractivity contribution < 1.29 is 13.9 Å². The molecule has 0 unspecified atom stereocenters. The van der Waals surface area contributed by atoms with Crippen molar-refractivity contribution in [1.82, 2.24) is 0 Å². The van der Waals surface area contributed by atoms with E-state index in [4.69, 9.17) is 13.9 Å². The summed E-state index contributed by atoms with van der Waals surface area (Å²) in [5.41, 5.74) is 0. The van der Waals surface area contributed by atoms with Crippen LogP contribution in [0.5, 0.6) is 0 Å². The minimum atomic E-state index is -1.30. The van der Waals surface area contributed by atoms with Gasteiger partial charge in [-0.05, 0) is 25.6 Å². The Kier molecular flexibility index (Phi) is 15.1. The standard InChI is InChI=1S/C17H38O3Si/c1-18-15-16-20-14-12-10-8-6-5-7-9-11-13-17-21(3,4)19-2/h5-17H2,1-4H3. The second kappa shape index (κ2) is 15.0. The molecule has 0 amide bonds. The first-order chi connectivity index (χ1) is 10.1. The van der Waals surface area contributed by atoms with Gasteiger partial charge in [-0.1, -0.05) is 51.4 Å². The number of ether oxygens (including phenoxy) is 2. The lowest BCUT2D eigenvalue weighted by Gasteiger charge is -2.19. The third kappa shape index (κ3) is 16.3. The second-order valence-electron chi connectivity index (χ2n) is 6.50. The van der Waals surface area contributed by atoms with Gasteiger partial charge in [0.25, 0.3) is 0 Å². The molecule has 0 aromatic heterocycles. The monoisotopic (exact) mass is 318 g/mol. The fourth-order valence-corrected chi connectivity index (χ4v) is 3.64. The first-order valence-electron chi connectivity index (χ1n) is 8.74. The number of rotatable bonds is 16. The third-order valence-electron chi connectivity index (χ3n) is 4.05. The molecule has 0 aliphatic rings. The van der Waals surface area contributed by atoms with E-state index in [0.29, 0.717) is 6.61 Å². The van der Waals surface area contributed by atoms with Crippen LogP contribution in [0.2, 0.25) is 19.1 Å². The molecule has 0 N–H and O–H groups in total. The molecule has 0 atom stereocenters. The van der Waals surface area contributed by atoms with Gasteiger partial charge in [-0.25, -0.2) is 0 Å². The van der Waals surface area contributed by atoms with Gasteiger partial charge in [0.2, 0.25) is 0 Å². The predicted molar refractivity (Wildman–Crippen MR) is 93.5 cm³/mol. The molecule has 0 saturated heterocycles. The van der Waals surface area contributed by atoms with E-state index >= 15 is 0 Å². The summed E-state index contributed by atoms with van der Waals surface area (Å²) in [4.78, 5) is 0. The van der Waals surface area contributed by atoms with Gasteiger partial charge in [0.1, 0.15) is 0 Å². The maximum Gasteiger partial charge on any atom is 0.186 e. The SMILES string of the molecule is COCCOCCCCCCCCCCC[Si](C)(C)OC. The van der Waals surface area contributed by atoms with Crippen molar-refractivity contribution in [3.63, 3.8) is 0 Å². The molecule has 0 aliphatic carbocycles. The van der Waals surface area contributed by atoms with Crippen molar-refractivity contribution in [3.8, 4) is 0 Å². The second-order valence-corrected chi connectivity index (χ2v) is 10.9. The molecule has 0 saturated carbocycles. The van der Waals surface area contributed by atoms with Crippen molar-refractivity contribution >= 4 is 8.32 Å². The van der Waals surface area contributed by atoms with Gasteiger partial charge in [-0.3, -0.25) is 0 Å². The first kappa shape index (κ1) is 21.1. The Bertz CT molecular complexity index is 210. The molecular weight excluding hydrogens is 280 g/mol. The third-order valence-corrected chi connectivity index (χ3v) is 6.71. The molecule has 3 nitrogen and oxygen atoms in total. The van der Waals surface area contributed by atoms with E-state index in [0.717, 1.165) is 13.2 Å². The summed E-state index contributed by atoms with van der Waals surface area (Å²) in [5.74, 6) is 0. The largest absolute Gasteiger partial charge is 0.420 e. The van der Waals surface area contributed by atoms with E-state index in [-0.39, 0.29) is 0 Å². The molecule has 0 aliphatic heterocycles. The van der Waals surface area contributed by atoms with E-state index in [2.05, 4.69) is 13.1 Å².